The first-order valence-corrected chi connectivity index (χ1v) is 10.2. The van der Waals surface area contributed by atoms with E-state index in [2.05, 4.69) is 31.8 Å². The molecule has 1 heterocycles. The molecule has 0 fully saturated rings. The lowest BCUT2D eigenvalue weighted by Crippen LogP contribution is -2.24. The summed E-state index contributed by atoms with van der Waals surface area (Å²) in [5.41, 5.74) is 4.77. The van der Waals surface area contributed by atoms with Gasteiger partial charge in [0.25, 0.3) is 0 Å². The molecule has 102 valence electrons. The molecule has 0 bridgehead atoms. The molecule has 0 radical (unpaired) electrons. The molecule has 1 aliphatic heterocycles. The molecule has 1 aliphatic rings. The summed E-state index contributed by atoms with van der Waals surface area (Å²) < 4.78 is 11.6. The predicted molar refractivity (Wildman–Crippen MR) is 83.0 cm³/mol. The van der Waals surface area contributed by atoms with E-state index in [9.17, 15) is 0 Å². The molecule has 2 nitrogen and oxygen atoms in total. The molecule has 0 aliphatic carbocycles. The molecule has 2 rings (SSSR count). The monoisotopic (exact) mass is 294 g/mol. The van der Waals surface area contributed by atoms with Crippen molar-refractivity contribution in [3.63, 3.8) is 0 Å². The SMILES string of the molecule is C[Si](C)(C)OCc1ccc2c(c1)C=CC(=CCl)CO2. The maximum Gasteiger partial charge on any atom is 0.184 e. The molecule has 1 aromatic carbocycles. The van der Waals surface area contributed by atoms with Crippen molar-refractivity contribution >= 4 is 26.0 Å². The van der Waals surface area contributed by atoms with Gasteiger partial charge in [-0.05, 0) is 37.3 Å². The normalized spacial score (nSPS) is 16.9. The summed E-state index contributed by atoms with van der Waals surface area (Å²) in [5.74, 6) is 0.890. The second-order valence-electron chi connectivity index (χ2n) is 5.58. The van der Waals surface area contributed by atoms with Crippen molar-refractivity contribution in [3.05, 3.63) is 46.5 Å². The minimum Gasteiger partial charge on any atom is -0.488 e. The molecule has 1 aromatic rings. The number of ether oxygens (including phenoxy) is 1. The molecule has 0 saturated carbocycles. The highest BCUT2D eigenvalue weighted by molar-refractivity contribution is 6.69. The van der Waals surface area contributed by atoms with Crippen LogP contribution in [0.4, 0.5) is 0 Å². The molecule has 0 amide bonds. The van der Waals surface area contributed by atoms with Gasteiger partial charge in [-0.25, -0.2) is 0 Å². The van der Waals surface area contributed by atoms with Crippen LogP contribution in [-0.4, -0.2) is 14.9 Å². The van der Waals surface area contributed by atoms with Crippen molar-refractivity contribution in [1.82, 2.24) is 0 Å². The maximum absolute atomic E-state index is 5.92. The number of halogens is 1. The molecule has 0 N–H and O–H groups in total. The fourth-order valence-corrected chi connectivity index (χ4v) is 2.46. The lowest BCUT2D eigenvalue weighted by Gasteiger charge is -2.17. The Hall–Kier alpha value is -1.03. The molecular weight excluding hydrogens is 276 g/mol. The first kappa shape index (κ1) is 14.4. The van der Waals surface area contributed by atoms with Crippen LogP contribution in [0.1, 0.15) is 11.1 Å². The Morgan fingerprint density at radius 3 is 2.79 bits per heavy atom. The van der Waals surface area contributed by atoms with E-state index in [1.54, 1.807) is 5.54 Å². The van der Waals surface area contributed by atoms with Gasteiger partial charge < -0.3 is 9.16 Å². The molecule has 0 aromatic heterocycles. The number of hydrogen-bond donors (Lipinski definition) is 0. The highest BCUT2D eigenvalue weighted by atomic mass is 35.5. The van der Waals surface area contributed by atoms with Crippen molar-refractivity contribution in [2.45, 2.75) is 26.2 Å². The standard InChI is InChI=1S/C15H19ClO2Si/c1-19(2,3)18-11-12-5-7-15-14(8-12)6-4-13(9-16)10-17-15/h4-9H,10-11H2,1-3H3. The zero-order valence-electron chi connectivity index (χ0n) is 11.6. The maximum atomic E-state index is 5.92. The Kier molecular flexibility index (Phi) is 4.50. The lowest BCUT2D eigenvalue weighted by atomic mass is 10.1. The number of fused-ring (bicyclic) bond motifs is 1. The van der Waals surface area contributed by atoms with Gasteiger partial charge in [0.2, 0.25) is 0 Å². The van der Waals surface area contributed by atoms with E-state index in [4.69, 9.17) is 20.8 Å². The van der Waals surface area contributed by atoms with Crippen LogP contribution >= 0.6 is 11.6 Å². The van der Waals surface area contributed by atoms with Gasteiger partial charge in [0.1, 0.15) is 12.4 Å². The molecular formula is C15H19ClO2Si. The second kappa shape index (κ2) is 5.95. The molecule has 0 unspecified atom stereocenters. The van der Waals surface area contributed by atoms with Crippen molar-refractivity contribution in [1.29, 1.82) is 0 Å². The van der Waals surface area contributed by atoms with Crippen LogP contribution in [0.15, 0.2) is 35.4 Å². The van der Waals surface area contributed by atoms with Crippen LogP contribution in [0.5, 0.6) is 5.75 Å². The van der Waals surface area contributed by atoms with Gasteiger partial charge in [-0.3, -0.25) is 0 Å². The third kappa shape index (κ3) is 4.23. The highest BCUT2D eigenvalue weighted by Gasteiger charge is 2.14. The Morgan fingerprint density at radius 1 is 1.32 bits per heavy atom. The van der Waals surface area contributed by atoms with E-state index in [0.29, 0.717) is 13.2 Å². The van der Waals surface area contributed by atoms with Crippen LogP contribution in [0.3, 0.4) is 0 Å². The van der Waals surface area contributed by atoms with Crippen LogP contribution in [0.25, 0.3) is 6.08 Å². The van der Waals surface area contributed by atoms with E-state index in [-0.39, 0.29) is 0 Å². The minimum atomic E-state index is -1.48. The summed E-state index contributed by atoms with van der Waals surface area (Å²) in [4.78, 5) is 0. The lowest BCUT2D eigenvalue weighted by molar-refractivity contribution is 0.299. The summed E-state index contributed by atoms with van der Waals surface area (Å²) in [7, 11) is -1.48. The van der Waals surface area contributed by atoms with Crippen molar-refractivity contribution in [2.75, 3.05) is 6.61 Å². The quantitative estimate of drug-likeness (QED) is 0.761. The zero-order chi connectivity index (χ0) is 13.9. The molecule has 0 spiro atoms. The van der Waals surface area contributed by atoms with E-state index < -0.39 is 8.32 Å². The molecule has 4 heteroatoms. The number of hydrogen-bond acceptors (Lipinski definition) is 2. The predicted octanol–water partition coefficient (Wildman–Crippen LogP) is 4.57. The van der Waals surface area contributed by atoms with Gasteiger partial charge in [0.15, 0.2) is 8.32 Å². The van der Waals surface area contributed by atoms with E-state index in [1.807, 2.05) is 18.2 Å². The van der Waals surface area contributed by atoms with Crippen LogP contribution in [0, 0.1) is 0 Å². The first-order valence-electron chi connectivity index (χ1n) is 6.35. The van der Waals surface area contributed by atoms with Gasteiger partial charge in [-0.15, -0.1) is 0 Å². The largest absolute Gasteiger partial charge is 0.488 e. The van der Waals surface area contributed by atoms with Gasteiger partial charge in [-0.2, -0.15) is 0 Å². The van der Waals surface area contributed by atoms with Gasteiger partial charge in [0.05, 0.1) is 6.61 Å². The first-order chi connectivity index (χ1) is 8.98. The summed E-state index contributed by atoms with van der Waals surface area (Å²) in [5, 5.41) is 0. The average Bonchev–Trinajstić information content (AvgIpc) is 2.57. The molecule has 0 saturated heterocycles. The van der Waals surface area contributed by atoms with Gasteiger partial charge in [-0.1, -0.05) is 29.8 Å². The molecule has 19 heavy (non-hydrogen) atoms. The average molecular weight is 295 g/mol. The smallest absolute Gasteiger partial charge is 0.184 e. The zero-order valence-corrected chi connectivity index (χ0v) is 13.3. The van der Waals surface area contributed by atoms with E-state index in [0.717, 1.165) is 16.9 Å². The Balaban J connectivity index is 2.17. The van der Waals surface area contributed by atoms with Gasteiger partial charge in [0, 0.05) is 16.7 Å². The summed E-state index contributed by atoms with van der Waals surface area (Å²) in [6.45, 7) is 7.75. The Labute approximate surface area is 120 Å². The van der Waals surface area contributed by atoms with Crippen molar-refractivity contribution in [3.8, 4) is 5.75 Å². The number of benzene rings is 1. The third-order valence-corrected chi connectivity index (χ3v) is 4.05. The van der Waals surface area contributed by atoms with Crippen molar-refractivity contribution < 1.29 is 9.16 Å². The van der Waals surface area contributed by atoms with E-state index >= 15 is 0 Å². The highest BCUT2D eigenvalue weighted by Crippen LogP contribution is 2.26. The fraction of sp³-hybridized carbons (Fsp3) is 0.333. The topological polar surface area (TPSA) is 18.5 Å². The fourth-order valence-electron chi connectivity index (χ4n) is 1.72. The van der Waals surface area contributed by atoms with Crippen LogP contribution in [-0.2, 0) is 11.0 Å². The Morgan fingerprint density at radius 2 is 2.11 bits per heavy atom. The minimum absolute atomic E-state index is 0.512. The summed E-state index contributed by atoms with van der Waals surface area (Å²) in [6.07, 6.45) is 4.02. The van der Waals surface area contributed by atoms with E-state index in [1.165, 1.54) is 5.56 Å². The third-order valence-electron chi connectivity index (χ3n) is 2.76. The molecule has 0 atom stereocenters. The van der Waals surface area contributed by atoms with Crippen LogP contribution in [0.2, 0.25) is 19.6 Å². The summed E-state index contributed by atoms with van der Waals surface area (Å²) in [6, 6.07) is 6.17. The number of rotatable bonds is 3. The van der Waals surface area contributed by atoms with Crippen LogP contribution < -0.4 is 4.74 Å². The second-order valence-corrected chi connectivity index (χ2v) is 10.3. The van der Waals surface area contributed by atoms with Crippen molar-refractivity contribution in [2.24, 2.45) is 0 Å². The van der Waals surface area contributed by atoms with Gasteiger partial charge >= 0.3 is 0 Å². The summed E-state index contributed by atoms with van der Waals surface area (Å²) >= 11 is 5.72. The Bertz CT molecular complexity index is 515.